The predicted molar refractivity (Wildman–Crippen MR) is 115 cm³/mol. The Labute approximate surface area is 176 Å². The monoisotopic (exact) mass is 411 g/mol. The summed E-state index contributed by atoms with van der Waals surface area (Å²) in [5.41, 5.74) is 2.10. The molecule has 0 bridgehead atoms. The first-order chi connectivity index (χ1) is 14.0. The van der Waals surface area contributed by atoms with Gasteiger partial charge in [0.05, 0.1) is 0 Å². The Bertz CT molecular complexity index is 907. The van der Waals surface area contributed by atoms with E-state index >= 15 is 0 Å². The molecule has 0 aliphatic heterocycles. The van der Waals surface area contributed by atoms with E-state index in [0.29, 0.717) is 54.4 Å². The number of nitrogens with zero attached hydrogens (tertiary/aromatic N) is 2. The van der Waals surface area contributed by atoms with Crippen LogP contribution in [0.2, 0.25) is 5.02 Å². The van der Waals surface area contributed by atoms with E-state index < -0.39 is 0 Å². The summed E-state index contributed by atoms with van der Waals surface area (Å²) in [6.07, 6.45) is 1.66. The number of carbonyl (C=O) groups is 1. The summed E-state index contributed by atoms with van der Waals surface area (Å²) in [5, 5.41) is 7.73. The highest BCUT2D eigenvalue weighted by atomic mass is 35.5. The molecule has 1 amide bonds. The number of nitrogens with one attached hydrogen (secondary N) is 1. The van der Waals surface area contributed by atoms with Gasteiger partial charge in [-0.15, -0.1) is 0 Å². The van der Waals surface area contributed by atoms with Crippen molar-refractivity contribution in [1.82, 2.24) is 15.5 Å². The van der Waals surface area contributed by atoms with Crippen LogP contribution in [-0.4, -0.2) is 22.6 Å². The van der Waals surface area contributed by atoms with Gasteiger partial charge < -0.3 is 9.84 Å². The van der Waals surface area contributed by atoms with Crippen LogP contribution in [0.1, 0.15) is 44.1 Å². The molecule has 0 aliphatic carbocycles. The van der Waals surface area contributed by atoms with Gasteiger partial charge in [0.15, 0.2) is 0 Å². The lowest BCUT2D eigenvalue weighted by atomic mass is 9.88. The van der Waals surface area contributed by atoms with Gasteiger partial charge in [0, 0.05) is 35.9 Å². The number of hydrogen-bond donors (Lipinski definition) is 1. The Morgan fingerprint density at radius 1 is 1.10 bits per heavy atom. The molecule has 6 heteroatoms. The molecule has 3 aromatic rings. The van der Waals surface area contributed by atoms with Crippen LogP contribution in [-0.2, 0) is 11.2 Å². The number of aromatic nitrogens is 2. The van der Waals surface area contributed by atoms with Crippen molar-refractivity contribution in [3.63, 3.8) is 0 Å². The van der Waals surface area contributed by atoms with Crippen molar-refractivity contribution >= 4 is 17.5 Å². The van der Waals surface area contributed by atoms with Crippen molar-refractivity contribution in [2.24, 2.45) is 5.92 Å². The molecule has 0 saturated heterocycles. The highest BCUT2D eigenvalue weighted by molar-refractivity contribution is 6.30. The van der Waals surface area contributed by atoms with E-state index in [1.165, 1.54) is 5.56 Å². The third kappa shape index (κ3) is 6.16. The molecule has 152 valence electrons. The zero-order valence-corrected chi connectivity index (χ0v) is 17.5. The molecule has 3 rings (SSSR count). The van der Waals surface area contributed by atoms with E-state index in [0.717, 1.165) is 5.56 Å². The average molecular weight is 412 g/mol. The summed E-state index contributed by atoms with van der Waals surface area (Å²) in [6.45, 7) is 5.00. The third-order valence-corrected chi connectivity index (χ3v) is 5.17. The first-order valence-electron chi connectivity index (χ1n) is 9.93. The standard InChI is InChI=1S/C23H26ClN3O2/c1-16(2)20(17-7-4-3-5-8-17)15-25-21(28)9-6-10-22-26-23(27-29-22)18-11-13-19(24)14-12-18/h3-5,7-8,11-14,16,20H,6,9-10,15H2,1-2H3,(H,25,28). The third-order valence-electron chi connectivity index (χ3n) is 4.92. The normalized spacial score (nSPS) is 12.1. The van der Waals surface area contributed by atoms with E-state index in [1.807, 2.05) is 30.3 Å². The van der Waals surface area contributed by atoms with Crippen LogP contribution >= 0.6 is 11.6 Å². The quantitative estimate of drug-likeness (QED) is 0.520. The van der Waals surface area contributed by atoms with E-state index in [2.05, 4.69) is 41.4 Å². The van der Waals surface area contributed by atoms with Crippen molar-refractivity contribution in [1.29, 1.82) is 0 Å². The average Bonchev–Trinajstić information content (AvgIpc) is 3.18. The fourth-order valence-corrected chi connectivity index (χ4v) is 3.35. The van der Waals surface area contributed by atoms with Gasteiger partial charge in [-0.25, -0.2) is 0 Å². The minimum atomic E-state index is 0.0454. The van der Waals surface area contributed by atoms with Crippen LogP contribution in [0.25, 0.3) is 11.4 Å². The molecule has 5 nitrogen and oxygen atoms in total. The molecule has 1 unspecified atom stereocenters. The number of aryl methyl sites for hydroxylation is 1. The molecule has 0 fully saturated rings. The van der Waals surface area contributed by atoms with Gasteiger partial charge in [-0.3, -0.25) is 4.79 Å². The number of amides is 1. The van der Waals surface area contributed by atoms with Gasteiger partial charge >= 0.3 is 0 Å². The van der Waals surface area contributed by atoms with Gasteiger partial charge in [0.25, 0.3) is 0 Å². The summed E-state index contributed by atoms with van der Waals surface area (Å²) in [6, 6.07) is 17.6. The molecule has 1 heterocycles. The number of rotatable bonds is 9. The van der Waals surface area contributed by atoms with Crippen molar-refractivity contribution in [3.05, 3.63) is 71.1 Å². The molecule has 0 spiro atoms. The van der Waals surface area contributed by atoms with Crippen molar-refractivity contribution in [2.45, 2.75) is 39.0 Å². The summed E-state index contributed by atoms with van der Waals surface area (Å²) in [5.74, 6) is 1.86. The highest BCUT2D eigenvalue weighted by Gasteiger charge is 2.17. The second-order valence-corrected chi connectivity index (χ2v) is 7.87. The smallest absolute Gasteiger partial charge is 0.226 e. The van der Waals surface area contributed by atoms with Crippen molar-refractivity contribution in [2.75, 3.05) is 6.54 Å². The van der Waals surface area contributed by atoms with E-state index in [9.17, 15) is 4.79 Å². The summed E-state index contributed by atoms with van der Waals surface area (Å²) >= 11 is 5.90. The number of halogens is 1. The minimum absolute atomic E-state index is 0.0454. The van der Waals surface area contributed by atoms with Crippen molar-refractivity contribution in [3.8, 4) is 11.4 Å². The Kier molecular flexibility index (Phi) is 7.42. The maximum Gasteiger partial charge on any atom is 0.226 e. The largest absolute Gasteiger partial charge is 0.355 e. The lowest BCUT2D eigenvalue weighted by Gasteiger charge is -2.21. The second kappa shape index (κ2) is 10.2. The number of hydrogen-bond acceptors (Lipinski definition) is 4. The molecule has 0 saturated carbocycles. The fourth-order valence-electron chi connectivity index (χ4n) is 3.22. The minimum Gasteiger partial charge on any atom is -0.355 e. The SMILES string of the molecule is CC(C)C(CNC(=O)CCCc1nc(-c2ccc(Cl)cc2)no1)c1ccccc1. The van der Waals surface area contributed by atoms with Crippen LogP contribution in [0, 0.1) is 5.92 Å². The predicted octanol–water partition coefficient (Wildman–Crippen LogP) is 5.27. The van der Waals surface area contributed by atoms with Crippen LogP contribution in [0.15, 0.2) is 59.1 Å². The molecule has 29 heavy (non-hydrogen) atoms. The van der Waals surface area contributed by atoms with Gasteiger partial charge in [0.2, 0.25) is 17.6 Å². The molecular formula is C23H26ClN3O2. The van der Waals surface area contributed by atoms with Crippen LogP contribution in [0.5, 0.6) is 0 Å². The lowest BCUT2D eigenvalue weighted by Crippen LogP contribution is -2.30. The van der Waals surface area contributed by atoms with Gasteiger partial charge in [-0.05, 0) is 42.2 Å². The summed E-state index contributed by atoms with van der Waals surface area (Å²) in [4.78, 5) is 16.7. The van der Waals surface area contributed by atoms with E-state index in [1.54, 1.807) is 12.1 Å². The maximum atomic E-state index is 12.3. The topological polar surface area (TPSA) is 68.0 Å². The van der Waals surface area contributed by atoms with Gasteiger partial charge in [-0.2, -0.15) is 4.98 Å². The number of benzene rings is 2. The van der Waals surface area contributed by atoms with Gasteiger partial charge in [0.1, 0.15) is 0 Å². The van der Waals surface area contributed by atoms with Crippen molar-refractivity contribution < 1.29 is 9.32 Å². The Hall–Kier alpha value is -2.66. The first kappa shape index (κ1) is 21.1. The molecule has 0 aliphatic rings. The zero-order valence-electron chi connectivity index (χ0n) is 16.8. The number of carbonyl (C=O) groups excluding carboxylic acids is 1. The molecule has 2 aromatic carbocycles. The molecule has 0 radical (unpaired) electrons. The van der Waals surface area contributed by atoms with E-state index in [4.69, 9.17) is 16.1 Å². The maximum absolute atomic E-state index is 12.3. The van der Waals surface area contributed by atoms with Gasteiger partial charge in [-0.1, -0.05) is 60.9 Å². The summed E-state index contributed by atoms with van der Waals surface area (Å²) in [7, 11) is 0. The fraction of sp³-hybridized carbons (Fsp3) is 0.348. The zero-order chi connectivity index (χ0) is 20.6. The lowest BCUT2D eigenvalue weighted by molar-refractivity contribution is -0.121. The highest BCUT2D eigenvalue weighted by Crippen LogP contribution is 2.23. The molecule has 1 N–H and O–H groups in total. The first-order valence-corrected chi connectivity index (χ1v) is 10.3. The molecule has 1 aromatic heterocycles. The molecule has 1 atom stereocenters. The van der Waals surface area contributed by atoms with Crippen LogP contribution in [0.4, 0.5) is 0 Å². The van der Waals surface area contributed by atoms with Crippen LogP contribution < -0.4 is 5.32 Å². The molecular weight excluding hydrogens is 386 g/mol. The van der Waals surface area contributed by atoms with E-state index in [-0.39, 0.29) is 5.91 Å². The van der Waals surface area contributed by atoms with Crippen LogP contribution in [0.3, 0.4) is 0 Å². The summed E-state index contributed by atoms with van der Waals surface area (Å²) < 4.78 is 5.29. The Balaban J connectivity index is 1.44. The Morgan fingerprint density at radius 3 is 2.52 bits per heavy atom. The Morgan fingerprint density at radius 2 is 1.83 bits per heavy atom. The second-order valence-electron chi connectivity index (χ2n) is 7.44.